The van der Waals surface area contributed by atoms with Crippen molar-refractivity contribution in [3.05, 3.63) is 53.1 Å². The van der Waals surface area contributed by atoms with Gasteiger partial charge in [-0.15, -0.1) is 0 Å². The highest BCUT2D eigenvalue weighted by molar-refractivity contribution is 6.30. The first-order valence-corrected chi connectivity index (χ1v) is 13.4. The second-order valence-corrected chi connectivity index (χ2v) is 9.24. The summed E-state index contributed by atoms with van der Waals surface area (Å²) in [7, 11) is 1.56. The monoisotopic (exact) mass is 548 g/mol. The largest absolute Gasteiger partial charge is 0.504 e. The summed E-state index contributed by atoms with van der Waals surface area (Å²) in [4.78, 5) is 23.5. The van der Waals surface area contributed by atoms with Crippen LogP contribution in [0.15, 0.2) is 42.5 Å². The van der Waals surface area contributed by atoms with Gasteiger partial charge in [-0.3, -0.25) is 15.0 Å². The molecule has 10 nitrogen and oxygen atoms in total. The minimum atomic E-state index is -0.391. The fraction of sp³-hybridized carbons (Fsp3) is 0.481. The summed E-state index contributed by atoms with van der Waals surface area (Å²) in [6.45, 7) is 6.81. The molecule has 0 radical (unpaired) electrons. The van der Waals surface area contributed by atoms with Gasteiger partial charge in [0, 0.05) is 17.3 Å². The molecule has 11 heteroatoms. The predicted octanol–water partition coefficient (Wildman–Crippen LogP) is 2.58. The number of ether oxygens (including phenoxy) is 1. The molecular weight excluding hydrogens is 508 g/mol. The molecular formula is C27H41ClN6O4. The van der Waals surface area contributed by atoms with E-state index in [1.54, 1.807) is 37.4 Å². The van der Waals surface area contributed by atoms with Crippen LogP contribution in [0, 0.1) is 0 Å². The predicted molar refractivity (Wildman–Crippen MR) is 152 cm³/mol. The van der Waals surface area contributed by atoms with Gasteiger partial charge in [0.2, 0.25) is 5.91 Å². The van der Waals surface area contributed by atoms with Crippen LogP contribution in [0.1, 0.15) is 31.2 Å². The number of hydrogen-bond donors (Lipinski definition) is 6. The molecule has 0 unspecified atom stereocenters. The van der Waals surface area contributed by atoms with Crippen molar-refractivity contribution in [3.63, 3.8) is 0 Å². The molecule has 2 aromatic carbocycles. The van der Waals surface area contributed by atoms with Crippen molar-refractivity contribution in [2.24, 2.45) is 5.73 Å². The lowest BCUT2D eigenvalue weighted by Crippen LogP contribution is -2.27. The summed E-state index contributed by atoms with van der Waals surface area (Å²) >= 11 is 5.70. The van der Waals surface area contributed by atoms with Crippen LogP contribution in [-0.4, -0.2) is 70.0 Å². The van der Waals surface area contributed by atoms with Crippen molar-refractivity contribution in [2.75, 3.05) is 57.8 Å². The van der Waals surface area contributed by atoms with E-state index in [1.807, 2.05) is 12.1 Å². The van der Waals surface area contributed by atoms with E-state index in [0.717, 1.165) is 64.2 Å². The standard InChI is InChI=1S/C18H34N4O2.C9H7ClN2O2/c1-24-18-14-16(6-7-17(18)23)15-22-13-5-12-21-10-3-2-9-20-11-4-8-19;10-6-1-3-7(4-2-6)12-5-8(13)11-9(12)14/h6-7,14,20-23H,2-5,8-13,15,19H2,1H3;1-4H,5H2,(H,11,13,14). The van der Waals surface area contributed by atoms with Gasteiger partial charge in [-0.1, -0.05) is 17.7 Å². The van der Waals surface area contributed by atoms with E-state index >= 15 is 0 Å². The number of rotatable bonds is 16. The number of phenols is 1. The highest BCUT2D eigenvalue weighted by Gasteiger charge is 2.27. The number of hydrogen-bond acceptors (Lipinski definition) is 8. The van der Waals surface area contributed by atoms with Crippen LogP contribution < -0.4 is 36.6 Å². The first-order valence-electron chi connectivity index (χ1n) is 13.0. The smallest absolute Gasteiger partial charge is 0.329 e. The van der Waals surface area contributed by atoms with E-state index in [0.29, 0.717) is 16.5 Å². The normalized spacial score (nSPS) is 12.8. The molecule has 7 N–H and O–H groups in total. The molecule has 0 atom stereocenters. The first-order chi connectivity index (χ1) is 18.4. The molecule has 0 spiro atoms. The van der Waals surface area contributed by atoms with E-state index in [1.165, 1.54) is 17.7 Å². The molecule has 1 saturated heterocycles. The number of nitrogens with two attached hydrogens (primary N) is 1. The lowest BCUT2D eigenvalue weighted by atomic mass is 10.2. The number of aromatic hydroxyl groups is 1. The van der Waals surface area contributed by atoms with Gasteiger partial charge in [0.05, 0.1) is 7.11 Å². The van der Waals surface area contributed by atoms with E-state index < -0.39 is 6.03 Å². The number of benzene rings is 2. The van der Waals surface area contributed by atoms with Crippen LogP contribution in [0.25, 0.3) is 0 Å². The number of carbonyl (C=O) groups excluding carboxylic acids is 2. The number of nitrogens with zero attached hydrogens (tertiary/aromatic N) is 1. The zero-order chi connectivity index (χ0) is 27.6. The molecule has 38 heavy (non-hydrogen) atoms. The third-order valence-electron chi connectivity index (χ3n) is 5.73. The van der Waals surface area contributed by atoms with Crippen molar-refractivity contribution < 1.29 is 19.4 Å². The molecule has 1 aliphatic heterocycles. The Bertz CT molecular complexity index is 977. The quantitative estimate of drug-likeness (QED) is 0.139. The van der Waals surface area contributed by atoms with Crippen molar-refractivity contribution in [2.45, 2.75) is 32.2 Å². The van der Waals surface area contributed by atoms with Crippen LogP contribution in [0.4, 0.5) is 10.5 Å². The third-order valence-corrected chi connectivity index (χ3v) is 5.98. The van der Waals surface area contributed by atoms with Crippen LogP contribution in [-0.2, 0) is 11.3 Å². The molecule has 2 aromatic rings. The number of phenolic OH excluding ortho intramolecular Hbond substituents is 1. The first kappa shape index (κ1) is 31.3. The van der Waals surface area contributed by atoms with Gasteiger partial charge in [-0.2, -0.15) is 0 Å². The average Bonchev–Trinajstić information content (AvgIpc) is 3.26. The lowest BCUT2D eigenvalue weighted by Gasteiger charge is -2.12. The second-order valence-electron chi connectivity index (χ2n) is 8.80. The minimum Gasteiger partial charge on any atom is -0.504 e. The molecule has 1 aliphatic rings. The summed E-state index contributed by atoms with van der Waals surface area (Å²) in [5.74, 6) is 0.415. The Balaban J connectivity index is 0.000000304. The Hall–Kier alpha value is -2.89. The molecule has 0 aliphatic carbocycles. The molecule has 1 fully saturated rings. The lowest BCUT2D eigenvalue weighted by molar-refractivity contribution is -0.117. The maximum atomic E-state index is 11.2. The van der Waals surface area contributed by atoms with Crippen LogP contribution in [0.5, 0.6) is 11.5 Å². The van der Waals surface area contributed by atoms with Crippen LogP contribution in [0.2, 0.25) is 5.02 Å². The molecule has 1 heterocycles. The molecule has 3 amide bonds. The van der Waals surface area contributed by atoms with Gasteiger partial charge in [0.1, 0.15) is 6.54 Å². The highest BCUT2D eigenvalue weighted by atomic mass is 35.5. The van der Waals surface area contributed by atoms with E-state index in [2.05, 4.69) is 21.3 Å². The van der Waals surface area contributed by atoms with E-state index in [4.69, 9.17) is 22.1 Å². The Labute approximate surface area is 230 Å². The van der Waals surface area contributed by atoms with Gasteiger partial charge in [0.25, 0.3) is 0 Å². The Morgan fingerprint density at radius 1 is 0.947 bits per heavy atom. The van der Waals surface area contributed by atoms with Crippen LogP contribution >= 0.6 is 11.6 Å². The average molecular weight is 549 g/mol. The summed E-state index contributed by atoms with van der Waals surface area (Å²) in [6.07, 6.45) is 4.57. The highest BCUT2D eigenvalue weighted by Crippen LogP contribution is 2.26. The summed E-state index contributed by atoms with van der Waals surface area (Å²) in [5.41, 5.74) is 7.22. The van der Waals surface area contributed by atoms with Crippen molar-refractivity contribution in [1.29, 1.82) is 0 Å². The van der Waals surface area contributed by atoms with Gasteiger partial charge in [-0.25, -0.2) is 4.79 Å². The number of unbranched alkanes of at least 4 members (excludes halogenated alkanes) is 1. The Kier molecular flexibility index (Phi) is 15.1. The molecule has 210 valence electrons. The van der Waals surface area contributed by atoms with Crippen molar-refractivity contribution in [1.82, 2.24) is 21.3 Å². The zero-order valence-electron chi connectivity index (χ0n) is 22.1. The summed E-state index contributed by atoms with van der Waals surface area (Å²) < 4.78 is 5.11. The zero-order valence-corrected chi connectivity index (χ0v) is 22.9. The molecule has 0 bridgehead atoms. The van der Waals surface area contributed by atoms with Gasteiger partial charge in [-0.05, 0) is 107 Å². The van der Waals surface area contributed by atoms with Gasteiger partial charge < -0.3 is 31.5 Å². The fourth-order valence-corrected chi connectivity index (χ4v) is 3.78. The summed E-state index contributed by atoms with van der Waals surface area (Å²) in [5, 5.41) is 22.6. The molecule has 0 aromatic heterocycles. The second kappa shape index (κ2) is 18.4. The van der Waals surface area contributed by atoms with E-state index in [-0.39, 0.29) is 18.2 Å². The maximum Gasteiger partial charge on any atom is 0.329 e. The number of halogens is 1. The topological polar surface area (TPSA) is 141 Å². The number of carbonyl (C=O) groups is 2. The summed E-state index contributed by atoms with van der Waals surface area (Å²) in [6, 6.07) is 11.8. The number of methoxy groups -OCH3 is 1. The van der Waals surface area contributed by atoms with Crippen LogP contribution in [0.3, 0.4) is 0 Å². The van der Waals surface area contributed by atoms with Crippen molar-refractivity contribution in [3.8, 4) is 11.5 Å². The number of urea groups is 1. The number of nitrogens with one attached hydrogen (secondary N) is 4. The molecule has 0 saturated carbocycles. The van der Waals surface area contributed by atoms with Gasteiger partial charge >= 0.3 is 6.03 Å². The number of amides is 3. The molecule has 3 rings (SSSR count). The fourth-order valence-electron chi connectivity index (χ4n) is 3.65. The SMILES string of the molecule is COc1cc(CNCCCNCCCCNCCCN)ccc1O.O=C1CN(c2ccc(Cl)cc2)C(=O)N1. The number of imide groups is 1. The number of anilines is 1. The van der Waals surface area contributed by atoms with Crippen molar-refractivity contribution >= 4 is 29.2 Å². The minimum absolute atomic E-state index is 0.0699. The Morgan fingerprint density at radius 2 is 1.58 bits per heavy atom. The third kappa shape index (κ3) is 12.1. The van der Waals surface area contributed by atoms with Gasteiger partial charge in [0.15, 0.2) is 11.5 Å². The Morgan fingerprint density at radius 3 is 2.18 bits per heavy atom. The van der Waals surface area contributed by atoms with E-state index in [9.17, 15) is 14.7 Å². The maximum absolute atomic E-state index is 11.2.